The van der Waals surface area contributed by atoms with Crippen molar-refractivity contribution in [3.8, 4) is 6.01 Å². The lowest BCUT2D eigenvalue weighted by molar-refractivity contribution is -0.213. The molecule has 1 heterocycles. The molecule has 2 aromatic rings. The highest BCUT2D eigenvalue weighted by atomic mass is 35.5. The molecule has 0 aliphatic carbocycles. The number of aromatic nitrogens is 3. The molecular weight excluding hydrogens is 346 g/mol. The molecule has 1 N–H and O–H groups in total. The number of ether oxygens (including phenoxy) is 1. The molecule has 0 aliphatic rings. The van der Waals surface area contributed by atoms with Crippen molar-refractivity contribution in [2.24, 2.45) is 4.40 Å². The molecule has 0 amide bonds. The Morgan fingerprint density at radius 3 is 2.65 bits per heavy atom. The summed E-state index contributed by atoms with van der Waals surface area (Å²) in [5.41, 5.74) is 0. The maximum Gasteiger partial charge on any atom is 0.321 e. The van der Waals surface area contributed by atoms with E-state index >= 15 is 0 Å². The fraction of sp³-hybridized carbons (Fsp3) is 0.167. The molecule has 0 atom stereocenters. The topological polar surface area (TPSA) is 129 Å². The number of halogens is 1. The summed E-state index contributed by atoms with van der Waals surface area (Å²) < 4.78 is 32.0. The second-order valence-electron chi connectivity index (χ2n) is 4.12. The lowest BCUT2D eigenvalue weighted by Crippen LogP contribution is -2.29. The predicted octanol–water partition coefficient (Wildman–Crippen LogP) is 0.359. The molecule has 2 rings (SSSR count). The van der Waals surface area contributed by atoms with Crippen LogP contribution in [0.25, 0.3) is 0 Å². The number of benzene rings is 1. The number of rotatable bonds is 4. The third-order valence-electron chi connectivity index (χ3n) is 2.45. The number of aryl methyl sites for hydroxylation is 1. The number of anilines is 1. The second kappa shape index (κ2) is 6.75. The number of hydrogen-bond acceptors (Lipinski definition) is 7. The van der Waals surface area contributed by atoms with Crippen molar-refractivity contribution in [2.75, 3.05) is 12.4 Å². The zero-order valence-electron chi connectivity index (χ0n) is 12.0. The molecule has 0 bridgehead atoms. The van der Waals surface area contributed by atoms with Gasteiger partial charge in [0.05, 0.1) is 18.2 Å². The predicted molar refractivity (Wildman–Crippen MR) is 80.8 cm³/mol. The van der Waals surface area contributed by atoms with Gasteiger partial charge in [-0.05, 0) is 19.1 Å². The van der Waals surface area contributed by atoms with E-state index in [9.17, 15) is 13.5 Å². The molecule has 0 unspecified atom stereocenters. The quantitative estimate of drug-likeness (QED) is 0.613. The number of nitrogens with one attached hydrogen (secondary N) is 1. The normalized spacial score (nSPS) is 12.0. The highest BCUT2D eigenvalue weighted by Crippen LogP contribution is 2.22. The SMILES string of the molecule is COc1nc(C)nc(N/C([O-])=N/S(=O)(=O)c2ccccc2Cl)n1. The van der Waals surface area contributed by atoms with Gasteiger partial charge in [0.15, 0.2) is 0 Å². The Kier molecular flexibility index (Phi) is 4.96. The van der Waals surface area contributed by atoms with Crippen LogP contribution in [0.5, 0.6) is 6.01 Å². The van der Waals surface area contributed by atoms with E-state index in [-0.39, 0.29) is 27.7 Å². The largest absolute Gasteiger partial charge is 0.845 e. The van der Waals surface area contributed by atoms with Crippen LogP contribution < -0.4 is 15.2 Å². The molecular formula is C12H11ClN5O4S-. The van der Waals surface area contributed by atoms with E-state index < -0.39 is 16.0 Å². The van der Waals surface area contributed by atoms with E-state index in [0.717, 1.165) is 0 Å². The van der Waals surface area contributed by atoms with Crippen LogP contribution in [0, 0.1) is 6.92 Å². The Bertz CT molecular complexity index is 856. The monoisotopic (exact) mass is 356 g/mol. The minimum atomic E-state index is -4.26. The summed E-state index contributed by atoms with van der Waals surface area (Å²) in [6.45, 7) is 1.55. The Balaban J connectivity index is 2.30. The second-order valence-corrected chi connectivity index (χ2v) is 6.10. The average molecular weight is 357 g/mol. The molecule has 122 valence electrons. The molecule has 0 aliphatic heterocycles. The molecule has 11 heteroatoms. The molecule has 23 heavy (non-hydrogen) atoms. The van der Waals surface area contributed by atoms with Gasteiger partial charge in [-0.15, -0.1) is 0 Å². The zero-order valence-corrected chi connectivity index (χ0v) is 13.6. The molecule has 0 radical (unpaired) electrons. The number of nitrogens with zero attached hydrogens (tertiary/aromatic N) is 4. The van der Waals surface area contributed by atoms with E-state index in [0.29, 0.717) is 0 Å². The Hall–Kier alpha value is -2.46. The van der Waals surface area contributed by atoms with Gasteiger partial charge in [-0.2, -0.15) is 27.8 Å². The van der Waals surface area contributed by atoms with Crippen molar-refractivity contribution in [3.63, 3.8) is 0 Å². The van der Waals surface area contributed by atoms with Crippen molar-refractivity contribution in [1.82, 2.24) is 15.0 Å². The smallest absolute Gasteiger partial charge is 0.321 e. The molecule has 1 aromatic heterocycles. The van der Waals surface area contributed by atoms with Gasteiger partial charge < -0.3 is 15.2 Å². The summed E-state index contributed by atoms with van der Waals surface area (Å²) in [4.78, 5) is 11.1. The van der Waals surface area contributed by atoms with Gasteiger partial charge in [0.2, 0.25) is 5.95 Å². The Morgan fingerprint density at radius 2 is 2.00 bits per heavy atom. The standard InChI is InChI=1S/C12H12ClN5O4S/c1-7-14-10(17-12(15-7)22-2)16-11(19)18-23(20,21)9-6-4-3-5-8(9)13/h3-6H,1-2H3,(H2,14,15,16,17,18,19)/p-1. The van der Waals surface area contributed by atoms with Crippen LogP contribution in [0.15, 0.2) is 33.6 Å². The molecule has 0 saturated carbocycles. The summed E-state index contributed by atoms with van der Waals surface area (Å²) in [6, 6.07) is 4.44. The third-order valence-corrected chi connectivity index (χ3v) is 4.21. The van der Waals surface area contributed by atoms with Crippen molar-refractivity contribution in [2.45, 2.75) is 11.8 Å². The van der Waals surface area contributed by atoms with Crippen molar-refractivity contribution in [3.05, 3.63) is 35.1 Å². The van der Waals surface area contributed by atoms with Crippen LogP contribution in [-0.4, -0.2) is 36.5 Å². The summed E-state index contributed by atoms with van der Waals surface area (Å²) in [6.07, 6.45) is 0. The summed E-state index contributed by atoms with van der Waals surface area (Å²) >= 11 is 5.79. The highest BCUT2D eigenvalue weighted by Gasteiger charge is 2.16. The number of methoxy groups -OCH3 is 1. The van der Waals surface area contributed by atoms with Crippen LogP contribution in [0.3, 0.4) is 0 Å². The first-order valence-corrected chi connectivity index (χ1v) is 7.94. The lowest BCUT2D eigenvalue weighted by atomic mass is 10.4. The van der Waals surface area contributed by atoms with E-state index in [2.05, 4.69) is 24.7 Å². The van der Waals surface area contributed by atoms with Gasteiger partial charge in [-0.1, -0.05) is 23.7 Å². The maximum atomic E-state index is 12.1. The molecule has 9 nitrogen and oxygen atoms in total. The van der Waals surface area contributed by atoms with Crippen molar-refractivity contribution >= 4 is 33.6 Å². The van der Waals surface area contributed by atoms with Gasteiger partial charge >= 0.3 is 6.01 Å². The average Bonchev–Trinajstić information content (AvgIpc) is 2.46. The van der Waals surface area contributed by atoms with E-state index in [4.69, 9.17) is 16.3 Å². The first-order chi connectivity index (χ1) is 10.8. The molecule has 0 spiro atoms. The summed E-state index contributed by atoms with van der Waals surface area (Å²) in [5.74, 6) is 0.0959. The van der Waals surface area contributed by atoms with Crippen LogP contribution in [0.2, 0.25) is 5.02 Å². The lowest BCUT2D eigenvalue weighted by Gasteiger charge is -2.12. The first kappa shape index (κ1) is 16.9. The number of hydrogen-bond donors (Lipinski definition) is 1. The van der Waals surface area contributed by atoms with E-state index in [1.807, 2.05) is 0 Å². The van der Waals surface area contributed by atoms with Gasteiger partial charge in [-0.3, -0.25) is 0 Å². The summed E-state index contributed by atoms with van der Waals surface area (Å²) in [7, 11) is -2.92. The van der Waals surface area contributed by atoms with Gasteiger partial charge in [0.25, 0.3) is 10.0 Å². The minimum absolute atomic E-state index is 0.0261. The van der Waals surface area contributed by atoms with Crippen LogP contribution in [0.4, 0.5) is 5.95 Å². The van der Waals surface area contributed by atoms with Crippen molar-refractivity contribution < 1.29 is 18.3 Å². The summed E-state index contributed by atoms with van der Waals surface area (Å²) in [5, 5.41) is 13.9. The van der Waals surface area contributed by atoms with Gasteiger partial charge in [0.1, 0.15) is 10.7 Å². The van der Waals surface area contributed by atoms with Gasteiger partial charge in [-0.25, -0.2) is 0 Å². The van der Waals surface area contributed by atoms with Crippen LogP contribution in [0.1, 0.15) is 5.82 Å². The first-order valence-electron chi connectivity index (χ1n) is 6.12. The third kappa shape index (κ3) is 4.27. The van der Waals surface area contributed by atoms with E-state index in [1.165, 1.54) is 25.3 Å². The Labute approximate surface area is 137 Å². The minimum Gasteiger partial charge on any atom is -0.845 e. The van der Waals surface area contributed by atoms with Gasteiger partial charge in [0, 0.05) is 0 Å². The maximum absolute atomic E-state index is 12.1. The fourth-order valence-corrected chi connectivity index (χ4v) is 2.89. The van der Waals surface area contributed by atoms with Crippen LogP contribution in [-0.2, 0) is 10.0 Å². The van der Waals surface area contributed by atoms with Crippen molar-refractivity contribution in [1.29, 1.82) is 0 Å². The molecule has 0 saturated heterocycles. The fourth-order valence-electron chi connectivity index (χ4n) is 1.54. The number of amidine groups is 1. The number of sulfonamides is 1. The Morgan fingerprint density at radius 1 is 1.30 bits per heavy atom. The molecule has 0 fully saturated rings. The molecule has 1 aromatic carbocycles. The highest BCUT2D eigenvalue weighted by molar-refractivity contribution is 7.90. The zero-order chi connectivity index (χ0) is 17.0. The van der Waals surface area contributed by atoms with Crippen LogP contribution >= 0.6 is 11.6 Å². The van der Waals surface area contributed by atoms with E-state index in [1.54, 1.807) is 13.0 Å².